The Hall–Kier alpha value is -1.14. The van der Waals surface area contributed by atoms with Gasteiger partial charge in [-0.15, -0.1) is 0 Å². The van der Waals surface area contributed by atoms with E-state index in [0.717, 1.165) is 12.8 Å². The van der Waals surface area contributed by atoms with Crippen molar-refractivity contribution >= 4 is 27.6 Å². The Kier molecular flexibility index (Phi) is 7.54. The van der Waals surface area contributed by atoms with Gasteiger partial charge in [-0.2, -0.15) is 0 Å². The third kappa shape index (κ3) is 5.88. The molecule has 4 nitrogen and oxygen atoms in total. The lowest BCUT2D eigenvalue weighted by molar-refractivity contribution is 0.236. The maximum Gasteiger partial charge on any atom is 0.319 e. The summed E-state index contributed by atoms with van der Waals surface area (Å²) in [6.07, 6.45) is 2.59. The van der Waals surface area contributed by atoms with Crippen LogP contribution in [0.4, 0.5) is 14.9 Å². The van der Waals surface area contributed by atoms with Gasteiger partial charge in [-0.05, 0) is 37.0 Å². The van der Waals surface area contributed by atoms with Gasteiger partial charge in [-0.25, -0.2) is 9.18 Å². The molecule has 0 aliphatic heterocycles. The van der Waals surface area contributed by atoms with E-state index in [4.69, 9.17) is 5.11 Å². The third-order valence-corrected chi connectivity index (χ3v) is 3.46. The van der Waals surface area contributed by atoms with Crippen molar-refractivity contribution in [3.05, 3.63) is 28.5 Å². The fraction of sp³-hybridized carbons (Fsp3) is 0.500. The van der Waals surface area contributed by atoms with E-state index in [1.165, 1.54) is 12.1 Å². The first kappa shape index (κ1) is 16.9. The summed E-state index contributed by atoms with van der Waals surface area (Å²) in [4.78, 5) is 11.7. The Morgan fingerprint density at radius 3 is 2.80 bits per heavy atom. The molecule has 0 saturated heterocycles. The van der Waals surface area contributed by atoms with Crippen LogP contribution in [0, 0.1) is 11.7 Å². The van der Waals surface area contributed by atoms with Gasteiger partial charge in [-0.1, -0.05) is 29.3 Å². The molecule has 0 spiro atoms. The number of benzene rings is 1. The Morgan fingerprint density at radius 1 is 1.45 bits per heavy atom. The molecule has 1 aromatic rings. The van der Waals surface area contributed by atoms with Gasteiger partial charge in [0.15, 0.2) is 0 Å². The van der Waals surface area contributed by atoms with Crippen LogP contribution in [0.2, 0.25) is 0 Å². The van der Waals surface area contributed by atoms with E-state index in [2.05, 4.69) is 33.5 Å². The lowest BCUT2D eigenvalue weighted by Gasteiger charge is -2.16. The van der Waals surface area contributed by atoms with Crippen molar-refractivity contribution in [1.29, 1.82) is 0 Å². The Morgan fingerprint density at radius 2 is 2.20 bits per heavy atom. The zero-order chi connectivity index (χ0) is 15.0. The van der Waals surface area contributed by atoms with Crippen molar-refractivity contribution in [1.82, 2.24) is 5.32 Å². The number of carbonyl (C=O) groups is 1. The summed E-state index contributed by atoms with van der Waals surface area (Å²) < 4.78 is 14.2. The highest BCUT2D eigenvalue weighted by atomic mass is 79.9. The number of hydrogen-bond acceptors (Lipinski definition) is 2. The molecule has 1 rings (SSSR count). The molecule has 0 fully saturated rings. The van der Waals surface area contributed by atoms with E-state index in [-0.39, 0.29) is 18.2 Å². The fourth-order valence-electron chi connectivity index (χ4n) is 1.93. The highest BCUT2D eigenvalue weighted by Crippen LogP contribution is 2.19. The highest BCUT2D eigenvalue weighted by molar-refractivity contribution is 9.10. The van der Waals surface area contributed by atoms with E-state index in [1.54, 1.807) is 6.07 Å². The number of hydrogen-bond donors (Lipinski definition) is 3. The van der Waals surface area contributed by atoms with Gasteiger partial charge in [0, 0.05) is 17.6 Å². The fourth-order valence-corrected chi connectivity index (χ4v) is 2.27. The van der Waals surface area contributed by atoms with Gasteiger partial charge in [0.25, 0.3) is 0 Å². The molecule has 0 heterocycles. The van der Waals surface area contributed by atoms with Crippen molar-refractivity contribution in [2.75, 3.05) is 18.5 Å². The summed E-state index contributed by atoms with van der Waals surface area (Å²) in [5, 5.41) is 14.1. The van der Waals surface area contributed by atoms with Crippen LogP contribution in [-0.2, 0) is 0 Å². The highest BCUT2D eigenvalue weighted by Gasteiger charge is 2.11. The number of aliphatic hydroxyl groups is 1. The van der Waals surface area contributed by atoms with Crippen LogP contribution < -0.4 is 10.6 Å². The Labute approximate surface area is 126 Å². The van der Waals surface area contributed by atoms with Gasteiger partial charge >= 0.3 is 6.03 Å². The summed E-state index contributed by atoms with van der Waals surface area (Å²) in [5.41, 5.74) is 0.139. The summed E-state index contributed by atoms with van der Waals surface area (Å²) in [6, 6.07) is 4.01. The van der Waals surface area contributed by atoms with Crippen LogP contribution in [0.3, 0.4) is 0 Å². The summed E-state index contributed by atoms with van der Waals surface area (Å²) in [7, 11) is 0. The second kappa shape index (κ2) is 8.92. The third-order valence-electron chi connectivity index (χ3n) is 2.96. The number of anilines is 1. The van der Waals surface area contributed by atoms with Crippen LogP contribution in [0.1, 0.15) is 26.2 Å². The van der Waals surface area contributed by atoms with Crippen molar-refractivity contribution in [2.45, 2.75) is 26.2 Å². The number of nitrogens with one attached hydrogen (secondary N) is 2. The Balaban J connectivity index is 2.46. The topological polar surface area (TPSA) is 61.4 Å². The second-order valence-electron chi connectivity index (χ2n) is 4.63. The summed E-state index contributed by atoms with van der Waals surface area (Å²) in [6.45, 7) is 2.63. The predicted molar refractivity (Wildman–Crippen MR) is 81.2 cm³/mol. The van der Waals surface area contributed by atoms with Gasteiger partial charge < -0.3 is 15.7 Å². The molecule has 1 unspecified atom stereocenters. The molecule has 1 atom stereocenters. The van der Waals surface area contributed by atoms with E-state index >= 15 is 0 Å². The normalized spacial score (nSPS) is 12.0. The van der Waals surface area contributed by atoms with Crippen molar-refractivity contribution in [3.63, 3.8) is 0 Å². The van der Waals surface area contributed by atoms with E-state index in [9.17, 15) is 9.18 Å². The molecule has 0 aliphatic rings. The molecular formula is C14H20BrFN2O2. The predicted octanol–water partition coefficient (Wildman–Crippen LogP) is 3.51. The number of halogens is 2. The summed E-state index contributed by atoms with van der Waals surface area (Å²) >= 11 is 3.15. The van der Waals surface area contributed by atoms with Crippen LogP contribution in [-0.4, -0.2) is 24.3 Å². The smallest absolute Gasteiger partial charge is 0.319 e. The van der Waals surface area contributed by atoms with Gasteiger partial charge in [0.05, 0.1) is 5.69 Å². The number of aliphatic hydroxyl groups excluding tert-OH is 1. The maximum absolute atomic E-state index is 13.5. The number of amides is 2. The average Bonchev–Trinajstić information content (AvgIpc) is 2.40. The van der Waals surface area contributed by atoms with E-state index < -0.39 is 11.8 Å². The van der Waals surface area contributed by atoms with Gasteiger partial charge in [-0.3, -0.25) is 0 Å². The van der Waals surface area contributed by atoms with E-state index in [1.807, 2.05) is 0 Å². The van der Waals surface area contributed by atoms with Crippen molar-refractivity contribution < 1.29 is 14.3 Å². The van der Waals surface area contributed by atoms with E-state index in [0.29, 0.717) is 17.4 Å². The molecule has 20 heavy (non-hydrogen) atoms. The van der Waals surface area contributed by atoms with Crippen LogP contribution >= 0.6 is 15.9 Å². The minimum Gasteiger partial charge on any atom is -0.396 e. The average molecular weight is 347 g/mol. The van der Waals surface area contributed by atoms with Crippen molar-refractivity contribution in [2.24, 2.45) is 5.92 Å². The molecule has 0 aromatic heterocycles. The molecule has 0 radical (unpaired) electrons. The monoisotopic (exact) mass is 346 g/mol. The van der Waals surface area contributed by atoms with Crippen LogP contribution in [0.5, 0.6) is 0 Å². The Bertz CT molecular complexity index is 437. The van der Waals surface area contributed by atoms with Crippen LogP contribution in [0.15, 0.2) is 22.7 Å². The molecule has 1 aromatic carbocycles. The number of urea groups is 1. The molecule has 6 heteroatoms. The largest absolute Gasteiger partial charge is 0.396 e. The minimum absolute atomic E-state index is 0.106. The second-order valence-corrected chi connectivity index (χ2v) is 5.54. The first-order chi connectivity index (χ1) is 9.56. The van der Waals surface area contributed by atoms with Crippen LogP contribution in [0.25, 0.3) is 0 Å². The zero-order valence-electron chi connectivity index (χ0n) is 11.5. The minimum atomic E-state index is -0.491. The number of rotatable bonds is 7. The summed E-state index contributed by atoms with van der Waals surface area (Å²) in [5.74, 6) is -0.250. The zero-order valence-corrected chi connectivity index (χ0v) is 13.0. The van der Waals surface area contributed by atoms with Gasteiger partial charge in [0.2, 0.25) is 0 Å². The van der Waals surface area contributed by atoms with Gasteiger partial charge in [0.1, 0.15) is 5.82 Å². The molecule has 0 bridgehead atoms. The number of carbonyl (C=O) groups excluding carboxylic acids is 1. The quantitative estimate of drug-likeness (QED) is 0.707. The maximum atomic E-state index is 13.5. The lowest BCUT2D eigenvalue weighted by Crippen LogP contribution is -2.33. The molecular weight excluding hydrogens is 327 g/mol. The molecule has 3 N–H and O–H groups in total. The lowest BCUT2D eigenvalue weighted by atomic mass is 10.0. The molecule has 0 aliphatic carbocycles. The molecule has 112 valence electrons. The SMILES string of the molecule is CCCC(CCO)CNC(=O)Nc1ccc(Br)cc1F. The first-order valence-corrected chi connectivity index (χ1v) is 7.46. The molecule has 2 amide bonds. The molecule has 0 saturated carbocycles. The van der Waals surface area contributed by atoms with Crippen molar-refractivity contribution in [3.8, 4) is 0 Å². The first-order valence-electron chi connectivity index (χ1n) is 6.67. The standard InChI is InChI=1S/C14H20BrFN2O2/c1-2-3-10(6-7-19)9-17-14(20)18-13-5-4-11(15)8-12(13)16/h4-5,8,10,19H,2-3,6-7,9H2,1H3,(H2,17,18,20).